The van der Waals surface area contributed by atoms with Crippen LogP contribution in [0.3, 0.4) is 0 Å². The summed E-state index contributed by atoms with van der Waals surface area (Å²) in [5.74, 6) is 2.30. The van der Waals surface area contributed by atoms with Crippen LogP contribution in [-0.4, -0.2) is 11.5 Å². The van der Waals surface area contributed by atoms with Gasteiger partial charge in [-0.25, -0.2) is 4.98 Å². The van der Waals surface area contributed by atoms with Gasteiger partial charge in [0.05, 0.1) is 0 Å². The van der Waals surface area contributed by atoms with Crippen molar-refractivity contribution in [2.45, 2.75) is 20.0 Å². The number of aromatic nitrogens is 1. The van der Waals surface area contributed by atoms with E-state index in [2.05, 4.69) is 4.98 Å². The van der Waals surface area contributed by atoms with Gasteiger partial charge in [-0.1, -0.05) is 18.2 Å². The Morgan fingerprint density at radius 3 is 2.71 bits per heavy atom. The van der Waals surface area contributed by atoms with E-state index in [1.807, 2.05) is 56.3 Å². The average Bonchev–Trinajstić information content (AvgIpc) is 2.91. The molecule has 2 N–H and O–H groups in total. The number of hydrogen-bond donors (Lipinski definition) is 1. The number of nitrogens with two attached hydrogens (primary N) is 1. The molecule has 1 atom stereocenters. The molecule has 0 aliphatic rings. The van der Waals surface area contributed by atoms with Crippen molar-refractivity contribution in [3.05, 3.63) is 59.7 Å². The Bertz CT molecular complexity index is 764. The van der Waals surface area contributed by atoms with Crippen molar-refractivity contribution >= 4 is 10.9 Å². The third-order valence-electron chi connectivity index (χ3n) is 3.38. The lowest BCUT2D eigenvalue weighted by Gasteiger charge is -2.16. The normalized spacial score (nSPS) is 12.5. The van der Waals surface area contributed by atoms with Crippen LogP contribution in [0.1, 0.15) is 23.3 Å². The molecule has 0 bridgehead atoms. The fourth-order valence-electron chi connectivity index (χ4n) is 2.31. The maximum absolute atomic E-state index is 6.05. The van der Waals surface area contributed by atoms with Crippen LogP contribution in [0, 0.1) is 13.8 Å². The van der Waals surface area contributed by atoms with Gasteiger partial charge in [-0.15, -0.1) is 0 Å². The minimum atomic E-state index is -0.313. The smallest absolute Gasteiger partial charge is 0.168 e. The summed E-state index contributed by atoms with van der Waals surface area (Å²) < 4.78 is 11.7. The third kappa shape index (κ3) is 2.76. The van der Waals surface area contributed by atoms with Crippen molar-refractivity contribution < 1.29 is 9.15 Å². The molecular formula is C17H18N2O2. The Morgan fingerprint density at radius 1 is 1.14 bits per heavy atom. The minimum absolute atomic E-state index is 0.313. The molecule has 0 fully saturated rings. The lowest BCUT2D eigenvalue weighted by molar-refractivity contribution is 0.184. The van der Waals surface area contributed by atoms with Crippen LogP contribution in [-0.2, 0) is 0 Å². The highest BCUT2D eigenvalue weighted by Gasteiger charge is 2.17. The number of fused-ring (bicyclic) bond motifs is 1. The first-order valence-corrected chi connectivity index (χ1v) is 6.97. The first-order valence-electron chi connectivity index (χ1n) is 6.97. The summed E-state index contributed by atoms with van der Waals surface area (Å²) in [6, 6.07) is 13.7. The van der Waals surface area contributed by atoms with Crippen LogP contribution >= 0.6 is 0 Å². The highest BCUT2D eigenvalue weighted by molar-refractivity contribution is 5.84. The van der Waals surface area contributed by atoms with Gasteiger partial charge in [0.15, 0.2) is 6.10 Å². The number of hydrogen-bond acceptors (Lipinski definition) is 4. The molecule has 108 valence electrons. The van der Waals surface area contributed by atoms with Crippen molar-refractivity contribution in [3.8, 4) is 5.75 Å². The van der Waals surface area contributed by atoms with Crippen LogP contribution in [0.15, 0.2) is 46.9 Å². The van der Waals surface area contributed by atoms with Crippen LogP contribution in [0.25, 0.3) is 10.9 Å². The molecule has 3 rings (SSSR count). The molecule has 21 heavy (non-hydrogen) atoms. The minimum Gasteiger partial charge on any atom is -0.479 e. The fourth-order valence-corrected chi connectivity index (χ4v) is 2.31. The van der Waals surface area contributed by atoms with Gasteiger partial charge in [0.25, 0.3) is 0 Å². The number of nitrogens with zero attached hydrogens (tertiary/aromatic N) is 1. The number of benzene rings is 1. The molecule has 0 spiro atoms. The number of aryl methyl sites for hydroxylation is 2. The fraction of sp³-hybridized carbons (Fsp3) is 0.235. The zero-order chi connectivity index (χ0) is 14.8. The maximum atomic E-state index is 6.05. The molecule has 2 aromatic heterocycles. The Kier molecular flexibility index (Phi) is 3.62. The van der Waals surface area contributed by atoms with E-state index in [1.165, 1.54) is 0 Å². The molecule has 0 radical (unpaired) electrons. The molecule has 0 aliphatic carbocycles. The van der Waals surface area contributed by atoms with Gasteiger partial charge in [0.2, 0.25) is 0 Å². The molecule has 1 aromatic carbocycles. The Morgan fingerprint density at radius 2 is 2.00 bits per heavy atom. The zero-order valence-corrected chi connectivity index (χ0v) is 12.2. The van der Waals surface area contributed by atoms with Crippen LogP contribution in [0.4, 0.5) is 0 Å². The summed E-state index contributed by atoms with van der Waals surface area (Å²) in [6.07, 6.45) is -0.313. The summed E-state index contributed by atoms with van der Waals surface area (Å²) in [6.45, 7) is 4.21. The van der Waals surface area contributed by atoms with E-state index in [-0.39, 0.29) is 6.10 Å². The van der Waals surface area contributed by atoms with Crippen molar-refractivity contribution in [1.29, 1.82) is 0 Å². The largest absolute Gasteiger partial charge is 0.479 e. The lowest BCUT2D eigenvalue weighted by atomic mass is 10.2. The van der Waals surface area contributed by atoms with Gasteiger partial charge in [0.1, 0.15) is 22.8 Å². The number of rotatable bonds is 4. The molecule has 4 heteroatoms. The Hall–Kier alpha value is -2.33. The van der Waals surface area contributed by atoms with E-state index in [1.54, 1.807) is 0 Å². The van der Waals surface area contributed by atoms with Gasteiger partial charge in [-0.05, 0) is 38.1 Å². The van der Waals surface area contributed by atoms with Crippen molar-refractivity contribution in [1.82, 2.24) is 4.98 Å². The second-order valence-corrected chi connectivity index (χ2v) is 5.07. The first kappa shape index (κ1) is 13.6. The van der Waals surface area contributed by atoms with Crippen molar-refractivity contribution in [2.24, 2.45) is 5.73 Å². The molecule has 0 saturated carbocycles. The summed E-state index contributed by atoms with van der Waals surface area (Å²) in [4.78, 5) is 4.57. The summed E-state index contributed by atoms with van der Waals surface area (Å²) in [5, 5.41) is 1.05. The summed E-state index contributed by atoms with van der Waals surface area (Å²) in [5.41, 5.74) is 7.63. The van der Waals surface area contributed by atoms with Gasteiger partial charge in [-0.3, -0.25) is 0 Å². The number of para-hydroxylation sites is 1. The lowest BCUT2D eigenvalue weighted by Crippen LogP contribution is -2.18. The van der Waals surface area contributed by atoms with Gasteiger partial charge in [-0.2, -0.15) is 0 Å². The quantitative estimate of drug-likeness (QED) is 0.795. The predicted molar refractivity (Wildman–Crippen MR) is 82.3 cm³/mol. The van der Waals surface area contributed by atoms with Crippen LogP contribution in [0.2, 0.25) is 0 Å². The Labute approximate surface area is 123 Å². The van der Waals surface area contributed by atoms with Gasteiger partial charge < -0.3 is 14.9 Å². The van der Waals surface area contributed by atoms with E-state index in [4.69, 9.17) is 14.9 Å². The van der Waals surface area contributed by atoms with Crippen LogP contribution in [0.5, 0.6) is 5.75 Å². The molecule has 0 aliphatic heterocycles. The van der Waals surface area contributed by atoms with E-state index >= 15 is 0 Å². The number of furan rings is 1. The molecule has 1 unspecified atom stereocenters. The van der Waals surface area contributed by atoms with Gasteiger partial charge in [0, 0.05) is 17.6 Å². The van der Waals surface area contributed by atoms with Crippen molar-refractivity contribution in [3.63, 3.8) is 0 Å². The molecule has 4 nitrogen and oxygen atoms in total. The highest BCUT2D eigenvalue weighted by Crippen LogP contribution is 2.29. The van der Waals surface area contributed by atoms with E-state index < -0.39 is 0 Å². The third-order valence-corrected chi connectivity index (χ3v) is 3.38. The number of ether oxygens (including phenoxy) is 1. The molecular weight excluding hydrogens is 264 g/mol. The monoisotopic (exact) mass is 282 g/mol. The Balaban J connectivity index is 1.98. The second kappa shape index (κ2) is 5.58. The van der Waals surface area contributed by atoms with Gasteiger partial charge >= 0.3 is 0 Å². The van der Waals surface area contributed by atoms with Crippen LogP contribution < -0.4 is 10.5 Å². The highest BCUT2D eigenvalue weighted by atomic mass is 16.5. The van der Waals surface area contributed by atoms with E-state index in [0.29, 0.717) is 6.54 Å². The SMILES string of the molecule is Cc1ccc2cccc(OC(CN)c3ccc(C)o3)c2n1. The zero-order valence-electron chi connectivity index (χ0n) is 12.2. The standard InChI is InChI=1S/C17H18N2O2/c1-11-6-8-13-4-3-5-15(17(13)19-11)21-16(10-18)14-9-7-12(2)20-14/h3-9,16H,10,18H2,1-2H3. The summed E-state index contributed by atoms with van der Waals surface area (Å²) in [7, 11) is 0. The van der Waals surface area contributed by atoms with E-state index in [9.17, 15) is 0 Å². The molecule has 0 amide bonds. The molecule has 3 aromatic rings. The topological polar surface area (TPSA) is 61.3 Å². The molecule has 2 heterocycles. The van der Waals surface area contributed by atoms with Crippen molar-refractivity contribution in [2.75, 3.05) is 6.54 Å². The number of pyridine rings is 1. The van der Waals surface area contributed by atoms with E-state index in [0.717, 1.165) is 33.9 Å². The summed E-state index contributed by atoms with van der Waals surface area (Å²) >= 11 is 0. The molecule has 0 saturated heterocycles. The predicted octanol–water partition coefficient (Wildman–Crippen LogP) is 3.52. The first-order chi connectivity index (χ1) is 10.2. The maximum Gasteiger partial charge on any atom is 0.168 e. The second-order valence-electron chi connectivity index (χ2n) is 5.07. The average molecular weight is 282 g/mol.